The summed E-state index contributed by atoms with van der Waals surface area (Å²) in [4.78, 5) is 26.9. The summed E-state index contributed by atoms with van der Waals surface area (Å²) >= 11 is 6.33. The molecule has 3 heterocycles. The fourth-order valence-electron chi connectivity index (χ4n) is 4.01. The van der Waals surface area contributed by atoms with E-state index in [1.165, 1.54) is 19.6 Å². The number of carbonyl (C=O) groups excluding carboxylic acids is 1. The summed E-state index contributed by atoms with van der Waals surface area (Å²) in [6, 6.07) is 4.58. The van der Waals surface area contributed by atoms with Crippen molar-refractivity contribution >= 4 is 17.6 Å². The third kappa shape index (κ3) is 4.65. The number of aromatic hydroxyl groups is 1. The van der Waals surface area contributed by atoms with E-state index in [1.54, 1.807) is 12.1 Å². The lowest BCUT2D eigenvalue weighted by Crippen LogP contribution is -2.29. The highest BCUT2D eigenvalue weighted by molar-refractivity contribution is 6.32. The van der Waals surface area contributed by atoms with Crippen LogP contribution in [0, 0.1) is 0 Å². The van der Waals surface area contributed by atoms with Gasteiger partial charge < -0.3 is 23.7 Å². The van der Waals surface area contributed by atoms with Crippen LogP contribution in [0.4, 0.5) is 0 Å². The molecule has 4 rings (SSSR count). The Morgan fingerprint density at radius 2 is 2.00 bits per heavy atom. The van der Waals surface area contributed by atoms with Crippen molar-refractivity contribution in [1.82, 2.24) is 4.90 Å². The van der Waals surface area contributed by atoms with Crippen LogP contribution in [0.3, 0.4) is 0 Å². The Morgan fingerprint density at radius 1 is 1.23 bits per heavy atom. The topological polar surface area (TPSA) is 98.4 Å². The minimum atomic E-state index is -0.798. The van der Waals surface area contributed by atoms with Crippen molar-refractivity contribution in [3.8, 4) is 17.2 Å². The molecule has 1 aromatic carbocycles. The number of carbonyl (C=O) groups is 1. The maximum absolute atomic E-state index is 12.5. The van der Waals surface area contributed by atoms with Crippen LogP contribution in [0.15, 0.2) is 27.4 Å². The van der Waals surface area contributed by atoms with Crippen LogP contribution in [0.2, 0.25) is 5.02 Å². The van der Waals surface area contributed by atoms with E-state index in [0.29, 0.717) is 34.4 Å². The quantitative estimate of drug-likeness (QED) is 0.670. The van der Waals surface area contributed by atoms with Crippen molar-refractivity contribution in [2.75, 3.05) is 27.0 Å². The number of likely N-dealkylation sites (tertiary alicyclic amines) is 1. The molecule has 0 unspecified atom stereocenters. The lowest BCUT2D eigenvalue weighted by atomic mass is 9.91. The second kappa shape index (κ2) is 9.20. The van der Waals surface area contributed by atoms with Crippen LogP contribution in [-0.4, -0.2) is 43.0 Å². The lowest BCUT2D eigenvalue weighted by molar-refractivity contribution is -0.140. The minimum absolute atomic E-state index is 0.000147. The van der Waals surface area contributed by atoms with Gasteiger partial charge in [-0.3, -0.25) is 14.5 Å². The summed E-state index contributed by atoms with van der Waals surface area (Å²) in [5, 5.41) is 10.8. The maximum Gasteiger partial charge on any atom is 0.306 e. The van der Waals surface area contributed by atoms with E-state index in [1.807, 2.05) is 0 Å². The van der Waals surface area contributed by atoms with E-state index in [9.17, 15) is 14.7 Å². The molecular formula is C22H24ClNO7. The van der Waals surface area contributed by atoms with E-state index < -0.39 is 23.1 Å². The van der Waals surface area contributed by atoms with Crippen molar-refractivity contribution in [3.63, 3.8) is 0 Å². The minimum Gasteiger partial charge on any atom is -0.502 e. The first-order valence-electron chi connectivity index (χ1n) is 10.2. The fraction of sp³-hybridized carbons (Fsp3) is 0.455. The first-order chi connectivity index (χ1) is 15.0. The van der Waals surface area contributed by atoms with Gasteiger partial charge in [0.1, 0.15) is 5.76 Å². The number of methoxy groups -OCH3 is 1. The molecule has 1 N–H and O–H groups in total. The molecule has 1 fully saturated rings. The molecule has 2 aromatic rings. The Labute approximate surface area is 184 Å². The van der Waals surface area contributed by atoms with Crippen LogP contribution >= 0.6 is 11.6 Å². The van der Waals surface area contributed by atoms with Crippen molar-refractivity contribution in [2.45, 2.75) is 38.1 Å². The number of hydrogen-bond donors (Lipinski definition) is 1. The monoisotopic (exact) mass is 449 g/mol. The molecule has 166 valence electrons. The Kier molecular flexibility index (Phi) is 6.38. The third-order valence-electron chi connectivity index (χ3n) is 5.59. The number of rotatable bonds is 6. The summed E-state index contributed by atoms with van der Waals surface area (Å²) in [5.74, 6) is -0.600. The molecule has 0 bridgehead atoms. The van der Waals surface area contributed by atoms with Gasteiger partial charge in [-0.1, -0.05) is 18.0 Å². The fourth-order valence-corrected chi connectivity index (χ4v) is 4.28. The Bertz CT molecular complexity index is 1030. The molecule has 2 aliphatic rings. The van der Waals surface area contributed by atoms with E-state index >= 15 is 0 Å². The molecular weight excluding hydrogens is 426 g/mol. The van der Waals surface area contributed by atoms with Gasteiger partial charge in [-0.25, -0.2) is 0 Å². The van der Waals surface area contributed by atoms with Gasteiger partial charge in [0.2, 0.25) is 18.0 Å². The number of hydrogen-bond acceptors (Lipinski definition) is 8. The van der Waals surface area contributed by atoms with Gasteiger partial charge in [-0.05, 0) is 43.6 Å². The van der Waals surface area contributed by atoms with Gasteiger partial charge in [0, 0.05) is 6.07 Å². The van der Waals surface area contributed by atoms with Crippen molar-refractivity contribution in [1.29, 1.82) is 0 Å². The Hall–Kier alpha value is -2.71. The molecule has 0 aliphatic carbocycles. The molecule has 2 aliphatic heterocycles. The standard InChI is InChI=1S/C22H24ClNO7/c1-28-19(26)10-15(13-7-16(23)22-18(8-13)29-12-30-22)21-20(27)17(25)9-14(31-21)11-24-5-3-2-4-6-24/h7-9,15,27H,2-6,10-12H2,1H3/t15-/m1/s1. The highest BCUT2D eigenvalue weighted by atomic mass is 35.5. The third-order valence-corrected chi connectivity index (χ3v) is 5.88. The van der Waals surface area contributed by atoms with Crippen LogP contribution in [0.5, 0.6) is 17.2 Å². The number of ether oxygens (including phenoxy) is 3. The van der Waals surface area contributed by atoms with Crippen LogP contribution in [0.25, 0.3) is 0 Å². The second-order valence-corrected chi connectivity index (χ2v) is 8.10. The molecule has 0 saturated carbocycles. The first-order valence-corrected chi connectivity index (χ1v) is 10.6. The summed E-state index contributed by atoms with van der Waals surface area (Å²) in [6.07, 6.45) is 3.22. The predicted molar refractivity (Wildman–Crippen MR) is 112 cm³/mol. The maximum atomic E-state index is 12.5. The number of fused-ring (bicyclic) bond motifs is 1. The number of piperidine rings is 1. The number of nitrogens with zero attached hydrogens (tertiary/aromatic N) is 1. The zero-order valence-electron chi connectivity index (χ0n) is 17.2. The van der Waals surface area contributed by atoms with Gasteiger partial charge >= 0.3 is 5.97 Å². The number of benzene rings is 1. The largest absolute Gasteiger partial charge is 0.502 e. The molecule has 1 atom stereocenters. The van der Waals surface area contributed by atoms with Crippen molar-refractivity contribution in [3.05, 3.63) is 50.5 Å². The zero-order valence-corrected chi connectivity index (χ0v) is 17.9. The van der Waals surface area contributed by atoms with Crippen LogP contribution < -0.4 is 14.9 Å². The Balaban J connectivity index is 1.75. The molecule has 9 heteroatoms. The van der Waals surface area contributed by atoms with Gasteiger partial charge in [0.15, 0.2) is 17.3 Å². The molecule has 8 nitrogen and oxygen atoms in total. The zero-order chi connectivity index (χ0) is 22.0. The van der Waals surface area contributed by atoms with Crippen molar-refractivity contribution in [2.24, 2.45) is 0 Å². The smallest absolute Gasteiger partial charge is 0.306 e. The van der Waals surface area contributed by atoms with Gasteiger partial charge in [-0.2, -0.15) is 0 Å². The van der Waals surface area contributed by atoms with E-state index in [-0.39, 0.29) is 19.0 Å². The highest BCUT2D eigenvalue weighted by Gasteiger charge is 2.30. The molecule has 1 saturated heterocycles. The van der Waals surface area contributed by atoms with E-state index in [0.717, 1.165) is 25.9 Å². The normalized spacial score (nSPS) is 16.8. The van der Waals surface area contributed by atoms with E-state index in [2.05, 4.69) is 4.90 Å². The predicted octanol–water partition coefficient (Wildman–Crippen LogP) is 3.41. The summed E-state index contributed by atoms with van der Waals surface area (Å²) in [6.45, 7) is 2.33. The first kappa shape index (κ1) is 21.5. The van der Waals surface area contributed by atoms with Crippen LogP contribution in [-0.2, 0) is 16.1 Å². The summed E-state index contributed by atoms with van der Waals surface area (Å²) < 4.78 is 21.6. The summed E-state index contributed by atoms with van der Waals surface area (Å²) in [5.41, 5.74) is -0.0248. The SMILES string of the molecule is COC(=O)C[C@H](c1cc(Cl)c2c(c1)OCO2)c1oc(CN2CCCCC2)cc(=O)c1O. The van der Waals surface area contributed by atoms with E-state index in [4.69, 9.17) is 30.2 Å². The molecule has 0 radical (unpaired) electrons. The average molecular weight is 450 g/mol. The summed E-state index contributed by atoms with van der Waals surface area (Å²) in [7, 11) is 1.27. The van der Waals surface area contributed by atoms with Crippen molar-refractivity contribution < 1.29 is 28.5 Å². The average Bonchev–Trinajstić information content (AvgIpc) is 3.24. The second-order valence-electron chi connectivity index (χ2n) is 7.70. The number of esters is 1. The molecule has 31 heavy (non-hydrogen) atoms. The van der Waals surface area contributed by atoms with Gasteiger partial charge in [-0.15, -0.1) is 0 Å². The molecule has 1 aromatic heterocycles. The molecule has 0 amide bonds. The highest BCUT2D eigenvalue weighted by Crippen LogP contribution is 2.44. The molecule has 0 spiro atoms. The Morgan fingerprint density at radius 3 is 2.74 bits per heavy atom. The van der Waals surface area contributed by atoms with Gasteiger partial charge in [0.05, 0.1) is 31.0 Å². The van der Waals surface area contributed by atoms with Crippen LogP contribution in [0.1, 0.15) is 48.7 Å². The van der Waals surface area contributed by atoms with Gasteiger partial charge in [0.25, 0.3) is 0 Å². The number of halogens is 1. The lowest BCUT2D eigenvalue weighted by Gasteiger charge is -2.26.